The number of rotatable bonds is 1. The standard InChI is InChI=1S/C15H9ClN2/c16-11-5-3-4-10(8-11)15-13(9-17)12-6-1-2-7-14(12)18-15/h1-8,18H. The molecule has 0 fully saturated rings. The van der Waals surface area contributed by atoms with Crippen molar-refractivity contribution in [2.75, 3.05) is 0 Å². The number of hydrogen-bond donors (Lipinski definition) is 1. The van der Waals surface area contributed by atoms with E-state index in [1.807, 2.05) is 48.5 Å². The summed E-state index contributed by atoms with van der Waals surface area (Å²) in [7, 11) is 0. The van der Waals surface area contributed by atoms with E-state index in [9.17, 15) is 5.26 Å². The first-order valence-corrected chi connectivity index (χ1v) is 5.94. The molecule has 0 aliphatic carbocycles. The lowest BCUT2D eigenvalue weighted by Gasteiger charge is -1.99. The van der Waals surface area contributed by atoms with Gasteiger partial charge in [-0.2, -0.15) is 5.26 Å². The highest BCUT2D eigenvalue weighted by atomic mass is 35.5. The number of aromatic nitrogens is 1. The second kappa shape index (κ2) is 4.21. The summed E-state index contributed by atoms with van der Waals surface area (Å²) >= 11 is 5.99. The molecule has 2 nitrogen and oxygen atoms in total. The number of H-pyrrole nitrogens is 1. The Labute approximate surface area is 109 Å². The fraction of sp³-hybridized carbons (Fsp3) is 0. The minimum Gasteiger partial charge on any atom is -0.353 e. The van der Waals surface area contributed by atoms with Gasteiger partial charge in [-0.05, 0) is 18.2 Å². The van der Waals surface area contributed by atoms with Crippen molar-refractivity contribution in [1.29, 1.82) is 5.26 Å². The number of fused-ring (bicyclic) bond motifs is 1. The first kappa shape index (κ1) is 10.9. The van der Waals surface area contributed by atoms with Crippen LogP contribution in [-0.2, 0) is 0 Å². The van der Waals surface area contributed by atoms with Gasteiger partial charge in [0.05, 0.1) is 11.3 Å². The van der Waals surface area contributed by atoms with Crippen molar-refractivity contribution in [3.05, 3.63) is 59.1 Å². The molecule has 0 unspecified atom stereocenters. The zero-order valence-electron chi connectivity index (χ0n) is 9.44. The van der Waals surface area contributed by atoms with Crippen molar-refractivity contribution >= 4 is 22.5 Å². The number of halogens is 1. The van der Waals surface area contributed by atoms with Gasteiger partial charge in [0.1, 0.15) is 6.07 Å². The van der Waals surface area contributed by atoms with Crippen LogP contribution in [0, 0.1) is 11.3 Å². The maximum atomic E-state index is 9.33. The molecule has 2 aromatic carbocycles. The summed E-state index contributed by atoms with van der Waals surface area (Å²) in [5.74, 6) is 0. The summed E-state index contributed by atoms with van der Waals surface area (Å²) in [6.07, 6.45) is 0. The number of hydrogen-bond acceptors (Lipinski definition) is 1. The van der Waals surface area contributed by atoms with Crippen LogP contribution < -0.4 is 0 Å². The van der Waals surface area contributed by atoms with Crippen LogP contribution in [0.1, 0.15) is 5.56 Å². The largest absolute Gasteiger partial charge is 0.353 e. The van der Waals surface area contributed by atoms with E-state index < -0.39 is 0 Å². The van der Waals surface area contributed by atoms with Gasteiger partial charge in [0, 0.05) is 21.5 Å². The molecule has 1 aromatic heterocycles. The van der Waals surface area contributed by atoms with Gasteiger partial charge in [0.15, 0.2) is 0 Å². The summed E-state index contributed by atoms with van der Waals surface area (Å²) < 4.78 is 0. The van der Waals surface area contributed by atoms with E-state index >= 15 is 0 Å². The average molecular weight is 253 g/mol. The van der Waals surface area contributed by atoms with Crippen molar-refractivity contribution in [3.63, 3.8) is 0 Å². The molecule has 3 rings (SSSR count). The predicted octanol–water partition coefficient (Wildman–Crippen LogP) is 4.36. The van der Waals surface area contributed by atoms with E-state index in [0.29, 0.717) is 10.6 Å². The molecule has 3 heteroatoms. The van der Waals surface area contributed by atoms with Gasteiger partial charge >= 0.3 is 0 Å². The van der Waals surface area contributed by atoms with Crippen LogP contribution in [0.2, 0.25) is 5.02 Å². The third-order valence-electron chi connectivity index (χ3n) is 2.93. The number of aromatic amines is 1. The van der Waals surface area contributed by atoms with Crippen molar-refractivity contribution in [2.45, 2.75) is 0 Å². The number of nitriles is 1. The van der Waals surface area contributed by atoms with E-state index in [-0.39, 0.29) is 0 Å². The monoisotopic (exact) mass is 252 g/mol. The van der Waals surface area contributed by atoms with Crippen LogP contribution in [0.15, 0.2) is 48.5 Å². The van der Waals surface area contributed by atoms with Gasteiger partial charge in [-0.25, -0.2) is 0 Å². The molecule has 0 saturated carbocycles. The Bertz CT molecular complexity index is 766. The van der Waals surface area contributed by atoms with Crippen LogP contribution in [0.4, 0.5) is 0 Å². The molecule has 0 aliphatic heterocycles. The molecule has 3 aromatic rings. The second-order valence-corrected chi connectivity index (χ2v) is 4.48. The fourth-order valence-corrected chi connectivity index (χ4v) is 2.31. The predicted molar refractivity (Wildman–Crippen MR) is 73.5 cm³/mol. The van der Waals surface area contributed by atoms with Crippen molar-refractivity contribution in [1.82, 2.24) is 4.98 Å². The lowest BCUT2D eigenvalue weighted by molar-refractivity contribution is 1.43. The molecular weight excluding hydrogens is 244 g/mol. The highest BCUT2D eigenvalue weighted by Gasteiger charge is 2.12. The molecule has 18 heavy (non-hydrogen) atoms. The van der Waals surface area contributed by atoms with Gasteiger partial charge in [0.2, 0.25) is 0 Å². The van der Waals surface area contributed by atoms with Crippen LogP contribution in [0.25, 0.3) is 22.2 Å². The van der Waals surface area contributed by atoms with E-state index in [4.69, 9.17) is 11.6 Å². The molecule has 1 heterocycles. The van der Waals surface area contributed by atoms with E-state index in [0.717, 1.165) is 22.2 Å². The molecular formula is C15H9ClN2. The average Bonchev–Trinajstić information content (AvgIpc) is 2.77. The maximum Gasteiger partial charge on any atom is 0.102 e. The molecule has 0 saturated heterocycles. The Balaban J connectivity index is 2.33. The fourth-order valence-electron chi connectivity index (χ4n) is 2.12. The van der Waals surface area contributed by atoms with Crippen LogP contribution in [0.3, 0.4) is 0 Å². The Kier molecular flexibility index (Phi) is 2.55. The molecule has 0 bridgehead atoms. The summed E-state index contributed by atoms with van der Waals surface area (Å²) in [6.45, 7) is 0. The zero-order chi connectivity index (χ0) is 12.5. The topological polar surface area (TPSA) is 39.6 Å². The van der Waals surface area contributed by atoms with Crippen molar-refractivity contribution in [2.24, 2.45) is 0 Å². The number of para-hydroxylation sites is 1. The lowest BCUT2D eigenvalue weighted by Crippen LogP contribution is -1.81. The molecule has 0 atom stereocenters. The van der Waals surface area contributed by atoms with Gasteiger partial charge < -0.3 is 4.98 Å². The van der Waals surface area contributed by atoms with Gasteiger partial charge in [-0.3, -0.25) is 0 Å². The van der Waals surface area contributed by atoms with Crippen LogP contribution >= 0.6 is 11.6 Å². The number of nitrogens with zero attached hydrogens (tertiary/aromatic N) is 1. The highest BCUT2D eigenvalue weighted by molar-refractivity contribution is 6.30. The Hall–Kier alpha value is -2.24. The third kappa shape index (κ3) is 1.66. The summed E-state index contributed by atoms with van der Waals surface area (Å²) in [5, 5.41) is 10.9. The van der Waals surface area contributed by atoms with Crippen molar-refractivity contribution < 1.29 is 0 Å². The van der Waals surface area contributed by atoms with Crippen molar-refractivity contribution in [3.8, 4) is 17.3 Å². The summed E-state index contributed by atoms with van der Waals surface area (Å²) in [5.41, 5.74) is 3.37. The lowest BCUT2D eigenvalue weighted by atomic mass is 10.1. The Morgan fingerprint density at radius 1 is 1.06 bits per heavy atom. The normalized spacial score (nSPS) is 10.4. The van der Waals surface area contributed by atoms with E-state index in [1.54, 1.807) is 0 Å². The molecule has 0 radical (unpaired) electrons. The Morgan fingerprint density at radius 3 is 2.67 bits per heavy atom. The van der Waals surface area contributed by atoms with Gasteiger partial charge in [0.25, 0.3) is 0 Å². The van der Waals surface area contributed by atoms with Crippen LogP contribution in [-0.4, -0.2) is 4.98 Å². The smallest absolute Gasteiger partial charge is 0.102 e. The van der Waals surface area contributed by atoms with E-state index in [2.05, 4.69) is 11.1 Å². The Morgan fingerprint density at radius 2 is 1.89 bits per heavy atom. The van der Waals surface area contributed by atoms with Crippen LogP contribution in [0.5, 0.6) is 0 Å². The minimum atomic E-state index is 0.660. The third-order valence-corrected chi connectivity index (χ3v) is 3.17. The van der Waals surface area contributed by atoms with Gasteiger partial charge in [-0.15, -0.1) is 0 Å². The minimum absolute atomic E-state index is 0.660. The number of nitrogens with one attached hydrogen (secondary N) is 1. The summed E-state index contributed by atoms with van der Waals surface area (Å²) in [4.78, 5) is 3.28. The quantitative estimate of drug-likeness (QED) is 0.687. The first-order valence-electron chi connectivity index (χ1n) is 5.56. The molecule has 0 amide bonds. The summed E-state index contributed by atoms with van der Waals surface area (Å²) in [6, 6.07) is 17.5. The SMILES string of the molecule is N#Cc1c(-c2cccc(Cl)c2)[nH]c2ccccc12. The molecule has 0 aliphatic rings. The van der Waals surface area contributed by atoms with Gasteiger partial charge in [-0.1, -0.05) is 41.9 Å². The van der Waals surface area contributed by atoms with E-state index in [1.165, 1.54) is 0 Å². The zero-order valence-corrected chi connectivity index (χ0v) is 10.2. The molecule has 86 valence electrons. The highest BCUT2D eigenvalue weighted by Crippen LogP contribution is 2.30. The molecule has 0 spiro atoms. The molecule has 1 N–H and O–H groups in total. The maximum absolute atomic E-state index is 9.33. The first-order chi connectivity index (χ1) is 8.79. The number of benzene rings is 2. The second-order valence-electron chi connectivity index (χ2n) is 4.04.